The molecular formula is C13H16N4O2. The molecule has 1 aromatic heterocycles. The molecule has 3 N–H and O–H groups in total. The van der Waals surface area contributed by atoms with Crippen LogP contribution < -0.4 is 11.1 Å². The van der Waals surface area contributed by atoms with E-state index in [2.05, 4.69) is 15.2 Å². The Kier molecular flexibility index (Phi) is 2.74. The van der Waals surface area contributed by atoms with Crippen molar-refractivity contribution >= 4 is 17.6 Å². The van der Waals surface area contributed by atoms with E-state index in [1.807, 2.05) is 12.1 Å². The van der Waals surface area contributed by atoms with Gasteiger partial charge in [-0.3, -0.25) is 19.8 Å². The van der Waals surface area contributed by atoms with Gasteiger partial charge in [-0.2, -0.15) is 0 Å². The predicted octanol–water partition coefficient (Wildman–Crippen LogP) is -0.0976. The van der Waals surface area contributed by atoms with E-state index in [0.717, 1.165) is 18.5 Å². The summed E-state index contributed by atoms with van der Waals surface area (Å²) >= 11 is 0. The SMILES string of the molecule is Nc1ncccc1CN1CC[C@]2(CC(=O)NC2=O)C1. The molecule has 0 radical (unpaired) electrons. The van der Waals surface area contributed by atoms with Crippen LogP contribution >= 0.6 is 0 Å². The van der Waals surface area contributed by atoms with Gasteiger partial charge in [0.05, 0.1) is 5.41 Å². The smallest absolute Gasteiger partial charge is 0.234 e. The molecule has 6 nitrogen and oxygen atoms in total. The number of aromatic nitrogens is 1. The van der Waals surface area contributed by atoms with E-state index in [1.165, 1.54) is 0 Å². The number of nitrogen functional groups attached to an aromatic ring is 1. The molecule has 19 heavy (non-hydrogen) atoms. The standard InChI is InChI=1S/C13H16N4O2/c14-11-9(2-1-4-15-11)7-17-5-3-13(8-17)6-10(18)16-12(13)19/h1-2,4H,3,5-8H2,(H2,14,15)(H,16,18,19)/t13-/m0/s1. The van der Waals surface area contributed by atoms with Gasteiger partial charge in [-0.25, -0.2) is 4.98 Å². The molecule has 0 unspecified atom stereocenters. The number of nitrogens with two attached hydrogens (primary N) is 1. The van der Waals surface area contributed by atoms with E-state index < -0.39 is 5.41 Å². The topological polar surface area (TPSA) is 88.3 Å². The molecule has 1 aromatic rings. The van der Waals surface area contributed by atoms with Gasteiger partial charge in [0.15, 0.2) is 0 Å². The highest BCUT2D eigenvalue weighted by Gasteiger charge is 2.50. The molecule has 2 aliphatic rings. The van der Waals surface area contributed by atoms with Crippen molar-refractivity contribution in [2.75, 3.05) is 18.8 Å². The van der Waals surface area contributed by atoms with Gasteiger partial charge in [0.2, 0.25) is 11.8 Å². The van der Waals surface area contributed by atoms with Gasteiger partial charge in [-0.1, -0.05) is 6.07 Å². The zero-order valence-corrected chi connectivity index (χ0v) is 10.6. The molecule has 3 rings (SSSR count). The molecule has 2 saturated heterocycles. The number of pyridine rings is 1. The Balaban J connectivity index is 1.72. The average Bonchev–Trinajstić information content (AvgIpc) is 2.88. The van der Waals surface area contributed by atoms with Crippen LogP contribution in [0, 0.1) is 5.41 Å². The molecule has 6 heteroatoms. The molecular weight excluding hydrogens is 244 g/mol. The summed E-state index contributed by atoms with van der Waals surface area (Å²) in [6.45, 7) is 2.08. The highest BCUT2D eigenvalue weighted by atomic mass is 16.2. The minimum absolute atomic E-state index is 0.126. The van der Waals surface area contributed by atoms with Gasteiger partial charge < -0.3 is 5.73 Å². The van der Waals surface area contributed by atoms with E-state index in [0.29, 0.717) is 25.3 Å². The molecule has 2 aliphatic heterocycles. The first-order valence-electron chi connectivity index (χ1n) is 6.35. The first-order valence-corrected chi connectivity index (χ1v) is 6.35. The lowest BCUT2D eigenvalue weighted by molar-refractivity contribution is -0.128. The minimum Gasteiger partial charge on any atom is -0.383 e. The lowest BCUT2D eigenvalue weighted by Crippen LogP contribution is -2.34. The van der Waals surface area contributed by atoms with Crippen LogP contribution in [-0.4, -0.2) is 34.8 Å². The number of carbonyl (C=O) groups is 2. The van der Waals surface area contributed by atoms with Crippen molar-refractivity contribution in [2.45, 2.75) is 19.4 Å². The Bertz CT molecular complexity index is 545. The fraction of sp³-hybridized carbons (Fsp3) is 0.462. The predicted molar refractivity (Wildman–Crippen MR) is 68.7 cm³/mol. The Morgan fingerprint density at radius 2 is 2.32 bits per heavy atom. The first-order chi connectivity index (χ1) is 9.09. The molecule has 2 fully saturated rings. The van der Waals surface area contributed by atoms with E-state index in [1.54, 1.807) is 6.20 Å². The van der Waals surface area contributed by atoms with Gasteiger partial charge >= 0.3 is 0 Å². The quantitative estimate of drug-likeness (QED) is 0.725. The Hall–Kier alpha value is -1.95. The minimum atomic E-state index is -0.520. The van der Waals surface area contributed by atoms with Crippen LogP contribution in [0.3, 0.4) is 0 Å². The van der Waals surface area contributed by atoms with Crippen LogP contribution in [0.5, 0.6) is 0 Å². The first kappa shape index (κ1) is 12.1. The highest BCUT2D eigenvalue weighted by molar-refractivity contribution is 6.06. The van der Waals surface area contributed by atoms with Crippen LogP contribution in [0.2, 0.25) is 0 Å². The fourth-order valence-corrected chi connectivity index (χ4v) is 2.94. The van der Waals surface area contributed by atoms with Crippen molar-refractivity contribution in [3.63, 3.8) is 0 Å². The maximum atomic E-state index is 11.9. The van der Waals surface area contributed by atoms with Crippen LogP contribution in [0.15, 0.2) is 18.3 Å². The van der Waals surface area contributed by atoms with Gasteiger partial charge in [0.25, 0.3) is 0 Å². The van der Waals surface area contributed by atoms with E-state index in [4.69, 9.17) is 5.73 Å². The summed E-state index contributed by atoms with van der Waals surface area (Å²) in [5.74, 6) is 0.238. The highest BCUT2D eigenvalue weighted by Crippen LogP contribution is 2.38. The van der Waals surface area contributed by atoms with E-state index in [9.17, 15) is 9.59 Å². The molecule has 0 aliphatic carbocycles. The number of rotatable bonds is 2. The third-order valence-corrected chi connectivity index (χ3v) is 3.99. The second kappa shape index (κ2) is 4.31. The maximum absolute atomic E-state index is 11.9. The fourth-order valence-electron chi connectivity index (χ4n) is 2.94. The zero-order valence-electron chi connectivity index (χ0n) is 10.6. The zero-order chi connectivity index (χ0) is 13.5. The third-order valence-electron chi connectivity index (χ3n) is 3.99. The van der Waals surface area contributed by atoms with Crippen molar-refractivity contribution in [2.24, 2.45) is 5.41 Å². The summed E-state index contributed by atoms with van der Waals surface area (Å²) in [5.41, 5.74) is 6.26. The number of nitrogens with zero attached hydrogens (tertiary/aromatic N) is 2. The second-order valence-corrected chi connectivity index (χ2v) is 5.34. The number of amides is 2. The van der Waals surface area contributed by atoms with Crippen molar-refractivity contribution in [3.05, 3.63) is 23.9 Å². The van der Waals surface area contributed by atoms with Crippen molar-refractivity contribution in [1.29, 1.82) is 0 Å². The van der Waals surface area contributed by atoms with Crippen LogP contribution in [0.4, 0.5) is 5.82 Å². The van der Waals surface area contributed by atoms with E-state index in [-0.39, 0.29) is 11.8 Å². The summed E-state index contributed by atoms with van der Waals surface area (Å²) in [4.78, 5) is 29.4. The Labute approximate surface area is 111 Å². The molecule has 0 bridgehead atoms. The molecule has 1 atom stereocenters. The third kappa shape index (κ3) is 2.08. The van der Waals surface area contributed by atoms with Crippen molar-refractivity contribution in [3.8, 4) is 0 Å². The largest absolute Gasteiger partial charge is 0.383 e. The van der Waals surface area contributed by atoms with Crippen LogP contribution in [0.1, 0.15) is 18.4 Å². The lowest BCUT2D eigenvalue weighted by atomic mass is 9.85. The van der Waals surface area contributed by atoms with Crippen LogP contribution in [0.25, 0.3) is 0 Å². The molecule has 0 aromatic carbocycles. The molecule has 100 valence electrons. The molecule has 1 spiro atoms. The average molecular weight is 260 g/mol. The summed E-state index contributed by atoms with van der Waals surface area (Å²) in [7, 11) is 0. The Morgan fingerprint density at radius 3 is 3.00 bits per heavy atom. The Morgan fingerprint density at radius 1 is 1.47 bits per heavy atom. The molecule has 2 amide bonds. The number of imide groups is 1. The summed E-state index contributed by atoms with van der Waals surface area (Å²) in [5, 5.41) is 2.40. The number of likely N-dealkylation sites (tertiary alicyclic amines) is 1. The van der Waals surface area contributed by atoms with Gasteiger partial charge in [-0.15, -0.1) is 0 Å². The summed E-state index contributed by atoms with van der Waals surface area (Å²) < 4.78 is 0. The molecule has 0 saturated carbocycles. The lowest BCUT2D eigenvalue weighted by Gasteiger charge is -2.20. The second-order valence-electron chi connectivity index (χ2n) is 5.34. The van der Waals surface area contributed by atoms with Gasteiger partial charge in [0.1, 0.15) is 5.82 Å². The number of anilines is 1. The van der Waals surface area contributed by atoms with Gasteiger partial charge in [-0.05, 0) is 19.0 Å². The number of hydrogen-bond donors (Lipinski definition) is 2. The van der Waals surface area contributed by atoms with Crippen molar-refractivity contribution in [1.82, 2.24) is 15.2 Å². The summed E-state index contributed by atoms with van der Waals surface area (Å²) in [6.07, 6.45) is 2.70. The van der Waals surface area contributed by atoms with Gasteiger partial charge in [0, 0.05) is 31.3 Å². The number of carbonyl (C=O) groups excluding carboxylic acids is 2. The van der Waals surface area contributed by atoms with Crippen LogP contribution in [-0.2, 0) is 16.1 Å². The van der Waals surface area contributed by atoms with Crippen molar-refractivity contribution < 1.29 is 9.59 Å². The number of hydrogen-bond acceptors (Lipinski definition) is 5. The maximum Gasteiger partial charge on any atom is 0.234 e. The summed E-state index contributed by atoms with van der Waals surface area (Å²) in [6, 6.07) is 3.79. The normalized spacial score (nSPS) is 27.2. The van der Waals surface area contributed by atoms with E-state index >= 15 is 0 Å². The molecule has 3 heterocycles. The number of nitrogens with one attached hydrogen (secondary N) is 1. The monoisotopic (exact) mass is 260 g/mol.